The number of benzene rings is 2. The highest BCUT2D eigenvalue weighted by Crippen LogP contribution is 2.33. The number of nitrogens with zero attached hydrogens (tertiary/aromatic N) is 1. The Morgan fingerprint density at radius 2 is 1.87 bits per heavy atom. The predicted molar refractivity (Wildman–Crippen MR) is 109 cm³/mol. The zero-order chi connectivity index (χ0) is 20.7. The lowest BCUT2D eigenvalue weighted by atomic mass is 10.0. The van der Waals surface area contributed by atoms with Crippen LogP contribution in [0.1, 0.15) is 41.3 Å². The van der Waals surface area contributed by atoms with Crippen LogP contribution in [0.3, 0.4) is 0 Å². The molecule has 2 atom stereocenters. The van der Waals surface area contributed by atoms with Gasteiger partial charge in [0.15, 0.2) is 11.6 Å². The molecule has 1 saturated carbocycles. The molecular formula is C23H21F2N3O2. The highest BCUT2D eigenvalue weighted by Gasteiger charge is 2.31. The van der Waals surface area contributed by atoms with E-state index >= 15 is 0 Å². The number of hydrogen-bond acceptors (Lipinski definition) is 4. The van der Waals surface area contributed by atoms with E-state index in [1.54, 1.807) is 6.07 Å². The normalized spacial score (nSPS) is 21.0. The summed E-state index contributed by atoms with van der Waals surface area (Å²) in [5, 5.41) is 7.17. The first kappa shape index (κ1) is 18.9. The smallest absolute Gasteiger partial charge is 0.252 e. The van der Waals surface area contributed by atoms with Crippen molar-refractivity contribution in [1.29, 1.82) is 0 Å². The van der Waals surface area contributed by atoms with E-state index in [2.05, 4.69) is 15.6 Å². The van der Waals surface area contributed by atoms with E-state index in [9.17, 15) is 13.6 Å². The molecule has 154 valence electrons. The second kappa shape index (κ2) is 7.65. The second-order valence-electron chi connectivity index (χ2n) is 7.82. The van der Waals surface area contributed by atoms with Gasteiger partial charge in [0.2, 0.25) is 0 Å². The van der Waals surface area contributed by atoms with Gasteiger partial charge < -0.3 is 15.4 Å². The van der Waals surface area contributed by atoms with Gasteiger partial charge >= 0.3 is 0 Å². The molecular weight excluding hydrogens is 388 g/mol. The molecule has 2 aromatic carbocycles. The molecule has 0 radical (unpaired) electrons. The Labute approximate surface area is 172 Å². The molecule has 5 nitrogen and oxygen atoms in total. The third-order valence-corrected chi connectivity index (χ3v) is 5.57. The van der Waals surface area contributed by atoms with Gasteiger partial charge in [0, 0.05) is 18.0 Å². The summed E-state index contributed by atoms with van der Waals surface area (Å²) in [6.07, 6.45) is 2.27. The molecule has 2 unspecified atom stereocenters. The lowest BCUT2D eigenvalue weighted by Crippen LogP contribution is -2.27. The van der Waals surface area contributed by atoms with E-state index in [4.69, 9.17) is 4.74 Å². The molecule has 1 aromatic heterocycles. The monoisotopic (exact) mass is 409 g/mol. The van der Waals surface area contributed by atoms with Gasteiger partial charge in [0.25, 0.3) is 5.91 Å². The predicted octanol–water partition coefficient (Wildman–Crippen LogP) is 4.35. The maximum atomic E-state index is 13.7. The highest BCUT2D eigenvalue weighted by molar-refractivity contribution is 6.07. The minimum atomic E-state index is -0.899. The number of aromatic nitrogens is 1. The lowest BCUT2D eigenvalue weighted by molar-refractivity contribution is 0.0952. The maximum absolute atomic E-state index is 13.7. The van der Waals surface area contributed by atoms with Gasteiger partial charge in [-0.2, -0.15) is 0 Å². The molecule has 7 heteroatoms. The van der Waals surface area contributed by atoms with Gasteiger partial charge in [-0.3, -0.25) is 4.79 Å². The minimum Gasteiger partial charge on any atom is -0.371 e. The van der Waals surface area contributed by atoms with E-state index in [1.165, 1.54) is 12.1 Å². The Bertz CT molecular complexity index is 1120. The Balaban J connectivity index is 1.45. The van der Waals surface area contributed by atoms with Crippen molar-refractivity contribution in [3.63, 3.8) is 0 Å². The van der Waals surface area contributed by atoms with Gasteiger partial charge in [-0.1, -0.05) is 24.3 Å². The maximum Gasteiger partial charge on any atom is 0.252 e. The highest BCUT2D eigenvalue weighted by atomic mass is 19.2. The number of pyridine rings is 1. The molecule has 5 rings (SSSR count). The first-order valence-electron chi connectivity index (χ1n) is 10.1. The number of fused-ring (bicyclic) bond motifs is 1. The number of para-hydroxylation sites is 1. The molecule has 1 aliphatic heterocycles. The Morgan fingerprint density at radius 1 is 1.03 bits per heavy atom. The third kappa shape index (κ3) is 3.73. The first-order valence-corrected chi connectivity index (χ1v) is 10.1. The van der Waals surface area contributed by atoms with E-state index in [-0.39, 0.29) is 18.0 Å². The number of halogens is 2. The van der Waals surface area contributed by atoms with Crippen LogP contribution in [-0.4, -0.2) is 29.6 Å². The fraction of sp³-hybridized carbons (Fsp3) is 0.304. The van der Waals surface area contributed by atoms with E-state index in [0.29, 0.717) is 35.5 Å². The number of carbonyl (C=O) groups excluding carboxylic acids is 1. The van der Waals surface area contributed by atoms with Gasteiger partial charge in [-0.05, 0) is 49.1 Å². The van der Waals surface area contributed by atoms with Crippen LogP contribution >= 0.6 is 0 Å². The summed E-state index contributed by atoms with van der Waals surface area (Å²) in [4.78, 5) is 17.4. The van der Waals surface area contributed by atoms with Crippen molar-refractivity contribution in [1.82, 2.24) is 10.3 Å². The van der Waals surface area contributed by atoms with E-state index < -0.39 is 17.7 Å². The van der Waals surface area contributed by atoms with Gasteiger partial charge in [-0.25, -0.2) is 13.8 Å². The molecule has 0 bridgehead atoms. The van der Waals surface area contributed by atoms with Crippen molar-refractivity contribution < 1.29 is 18.3 Å². The van der Waals surface area contributed by atoms with Crippen LogP contribution in [0.5, 0.6) is 0 Å². The van der Waals surface area contributed by atoms with Crippen LogP contribution in [-0.2, 0) is 4.74 Å². The van der Waals surface area contributed by atoms with E-state index in [0.717, 1.165) is 24.3 Å². The van der Waals surface area contributed by atoms with Crippen LogP contribution < -0.4 is 10.6 Å². The van der Waals surface area contributed by atoms with Crippen molar-refractivity contribution in [2.45, 2.75) is 37.5 Å². The summed E-state index contributed by atoms with van der Waals surface area (Å²) in [6, 6.07) is 13.2. The lowest BCUT2D eigenvalue weighted by Gasteiger charge is -2.21. The Morgan fingerprint density at radius 3 is 2.67 bits per heavy atom. The molecule has 3 aromatic rings. The number of nitrogens with one attached hydrogen (secondary N) is 2. The van der Waals surface area contributed by atoms with Gasteiger partial charge in [0.05, 0.1) is 17.1 Å². The molecule has 1 aliphatic carbocycles. The summed E-state index contributed by atoms with van der Waals surface area (Å²) in [5.74, 6) is -1.34. The molecule has 1 amide bonds. The third-order valence-electron chi connectivity index (χ3n) is 5.57. The fourth-order valence-corrected chi connectivity index (χ4v) is 3.87. The van der Waals surface area contributed by atoms with Crippen molar-refractivity contribution in [3.8, 4) is 0 Å². The van der Waals surface area contributed by atoms with Crippen molar-refractivity contribution in [3.05, 3.63) is 71.3 Å². The van der Waals surface area contributed by atoms with Crippen molar-refractivity contribution >= 4 is 22.6 Å². The molecule has 0 spiro atoms. The number of hydrogen-bond donors (Lipinski definition) is 2. The van der Waals surface area contributed by atoms with Crippen LogP contribution in [0, 0.1) is 11.6 Å². The molecule has 30 heavy (non-hydrogen) atoms. The van der Waals surface area contributed by atoms with Gasteiger partial charge in [0.1, 0.15) is 11.9 Å². The first-order chi connectivity index (χ1) is 14.6. The molecule has 2 fully saturated rings. The summed E-state index contributed by atoms with van der Waals surface area (Å²) in [7, 11) is 0. The Kier molecular flexibility index (Phi) is 4.83. The SMILES string of the molecule is O=C(NC1CC1)c1cc(NC2CCOC2c2ccc(F)c(F)c2)nc2ccccc12. The Hall–Kier alpha value is -3.06. The van der Waals surface area contributed by atoms with Crippen LogP contribution in [0.2, 0.25) is 0 Å². The van der Waals surface area contributed by atoms with Gasteiger partial charge in [-0.15, -0.1) is 0 Å². The summed E-state index contributed by atoms with van der Waals surface area (Å²) >= 11 is 0. The van der Waals surface area contributed by atoms with Crippen LogP contribution in [0.15, 0.2) is 48.5 Å². The standard InChI is InChI=1S/C23H21F2N3O2/c24-17-8-5-13(11-18(17)25)22-20(9-10-30-22)28-21-12-16(23(29)26-14-6-7-14)15-3-1-2-4-19(15)27-21/h1-5,8,11-12,14,20,22H,6-7,9-10H2,(H,26,29)(H,27,28). The van der Waals surface area contributed by atoms with Crippen molar-refractivity contribution in [2.75, 3.05) is 11.9 Å². The average Bonchev–Trinajstić information content (AvgIpc) is 3.44. The molecule has 1 saturated heterocycles. The number of carbonyl (C=O) groups is 1. The average molecular weight is 409 g/mol. The number of ether oxygens (including phenoxy) is 1. The second-order valence-corrected chi connectivity index (χ2v) is 7.82. The van der Waals surface area contributed by atoms with E-state index in [1.807, 2.05) is 24.3 Å². The quantitative estimate of drug-likeness (QED) is 0.658. The fourth-order valence-electron chi connectivity index (χ4n) is 3.87. The zero-order valence-corrected chi connectivity index (χ0v) is 16.2. The number of anilines is 1. The molecule has 2 N–H and O–H groups in total. The summed E-state index contributed by atoms with van der Waals surface area (Å²) in [5.41, 5.74) is 1.85. The zero-order valence-electron chi connectivity index (χ0n) is 16.2. The summed E-state index contributed by atoms with van der Waals surface area (Å²) < 4.78 is 32.8. The van der Waals surface area contributed by atoms with Crippen molar-refractivity contribution in [2.24, 2.45) is 0 Å². The molecule has 2 aliphatic rings. The largest absolute Gasteiger partial charge is 0.371 e. The number of rotatable bonds is 5. The number of amides is 1. The minimum absolute atomic E-state index is 0.112. The van der Waals surface area contributed by atoms with Crippen LogP contribution in [0.4, 0.5) is 14.6 Å². The van der Waals surface area contributed by atoms with Crippen LogP contribution in [0.25, 0.3) is 10.9 Å². The summed E-state index contributed by atoms with van der Waals surface area (Å²) in [6.45, 7) is 0.490. The topological polar surface area (TPSA) is 63.2 Å². The molecule has 2 heterocycles.